The SMILES string of the molecule is CCCNc1ncnc(SCC(=O)OCC)c1CCC. The van der Waals surface area contributed by atoms with Crippen LogP contribution < -0.4 is 5.32 Å². The highest BCUT2D eigenvalue weighted by Gasteiger charge is 2.13. The van der Waals surface area contributed by atoms with Gasteiger partial charge in [-0.2, -0.15) is 0 Å². The topological polar surface area (TPSA) is 64.1 Å². The molecule has 1 aromatic rings. The highest BCUT2D eigenvalue weighted by Crippen LogP contribution is 2.26. The smallest absolute Gasteiger partial charge is 0.316 e. The van der Waals surface area contributed by atoms with Crippen LogP contribution in [-0.4, -0.2) is 34.8 Å². The molecule has 1 N–H and O–H groups in total. The molecule has 0 aliphatic heterocycles. The molecule has 112 valence electrons. The van der Waals surface area contributed by atoms with Crippen LogP contribution in [0.15, 0.2) is 11.4 Å². The Labute approximate surface area is 124 Å². The highest BCUT2D eigenvalue weighted by molar-refractivity contribution is 7.99. The number of rotatable bonds is 9. The van der Waals surface area contributed by atoms with E-state index in [0.29, 0.717) is 6.61 Å². The van der Waals surface area contributed by atoms with E-state index in [0.717, 1.165) is 42.2 Å². The van der Waals surface area contributed by atoms with Crippen LogP contribution in [0.25, 0.3) is 0 Å². The molecule has 20 heavy (non-hydrogen) atoms. The largest absolute Gasteiger partial charge is 0.465 e. The number of nitrogens with zero attached hydrogens (tertiary/aromatic N) is 2. The van der Waals surface area contributed by atoms with Crippen molar-refractivity contribution >= 4 is 23.5 Å². The molecular weight excluding hydrogens is 274 g/mol. The fraction of sp³-hybridized carbons (Fsp3) is 0.643. The lowest BCUT2D eigenvalue weighted by molar-refractivity contribution is -0.139. The first-order valence-electron chi connectivity index (χ1n) is 7.09. The summed E-state index contributed by atoms with van der Waals surface area (Å²) in [6.07, 6.45) is 4.50. The summed E-state index contributed by atoms with van der Waals surface area (Å²) in [5, 5.41) is 4.19. The Morgan fingerprint density at radius 2 is 2.10 bits per heavy atom. The van der Waals surface area contributed by atoms with Gasteiger partial charge in [-0.25, -0.2) is 9.97 Å². The van der Waals surface area contributed by atoms with E-state index in [-0.39, 0.29) is 11.7 Å². The third kappa shape index (κ3) is 5.36. The molecule has 0 aromatic carbocycles. The zero-order valence-electron chi connectivity index (χ0n) is 12.4. The average molecular weight is 297 g/mol. The quantitative estimate of drug-likeness (QED) is 0.429. The molecular formula is C14H23N3O2S. The summed E-state index contributed by atoms with van der Waals surface area (Å²) in [4.78, 5) is 20.0. The van der Waals surface area contributed by atoms with Crippen LogP contribution >= 0.6 is 11.8 Å². The van der Waals surface area contributed by atoms with Crippen molar-refractivity contribution in [3.63, 3.8) is 0 Å². The van der Waals surface area contributed by atoms with E-state index in [2.05, 4.69) is 29.1 Å². The molecule has 0 aliphatic carbocycles. The third-order valence-electron chi connectivity index (χ3n) is 2.58. The molecule has 0 aliphatic rings. The van der Waals surface area contributed by atoms with Crippen LogP contribution in [0.4, 0.5) is 5.82 Å². The maximum Gasteiger partial charge on any atom is 0.316 e. The summed E-state index contributed by atoms with van der Waals surface area (Å²) >= 11 is 1.42. The second-order valence-corrected chi connectivity index (χ2v) is 5.24. The number of anilines is 1. The standard InChI is InChI=1S/C14H23N3O2S/c1-4-7-11-13(15-8-5-2)16-10-17-14(11)20-9-12(18)19-6-3/h10H,4-9H2,1-3H3,(H,15,16,17). The van der Waals surface area contributed by atoms with E-state index in [1.54, 1.807) is 6.33 Å². The Morgan fingerprint density at radius 1 is 1.30 bits per heavy atom. The van der Waals surface area contributed by atoms with Crippen LogP contribution in [0.3, 0.4) is 0 Å². The van der Waals surface area contributed by atoms with E-state index in [9.17, 15) is 4.79 Å². The molecule has 0 bridgehead atoms. The monoisotopic (exact) mass is 297 g/mol. The predicted octanol–water partition coefficient (Wildman–Crippen LogP) is 2.91. The Morgan fingerprint density at radius 3 is 2.75 bits per heavy atom. The van der Waals surface area contributed by atoms with E-state index < -0.39 is 0 Å². The number of carbonyl (C=O) groups is 1. The molecule has 0 fully saturated rings. The molecule has 6 heteroatoms. The van der Waals surface area contributed by atoms with Crippen LogP contribution in [0, 0.1) is 0 Å². The lowest BCUT2D eigenvalue weighted by Gasteiger charge is -2.13. The van der Waals surface area contributed by atoms with Gasteiger partial charge in [-0.05, 0) is 19.8 Å². The molecule has 0 saturated heterocycles. The predicted molar refractivity (Wildman–Crippen MR) is 82.2 cm³/mol. The van der Waals surface area contributed by atoms with Gasteiger partial charge in [0.1, 0.15) is 17.2 Å². The van der Waals surface area contributed by atoms with Crippen molar-refractivity contribution in [3.05, 3.63) is 11.9 Å². The Hall–Kier alpha value is -1.30. The van der Waals surface area contributed by atoms with Crippen LogP contribution in [0.5, 0.6) is 0 Å². The van der Waals surface area contributed by atoms with Crippen molar-refractivity contribution in [2.45, 2.75) is 45.1 Å². The fourth-order valence-electron chi connectivity index (χ4n) is 1.72. The highest BCUT2D eigenvalue weighted by atomic mass is 32.2. The van der Waals surface area contributed by atoms with Gasteiger partial charge < -0.3 is 10.1 Å². The Kier molecular flexibility index (Phi) is 8.02. The van der Waals surface area contributed by atoms with Crippen LogP contribution in [-0.2, 0) is 16.0 Å². The molecule has 0 spiro atoms. The first-order chi connectivity index (χ1) is 9.72. The fourth-order valence-corrected chi connectivity index (χ4v) is 2.55. The minimum atomic E-state index is -0.207. The summed E-state index contributed by atoms with van der Waals surface area (Å²) in [5.74, 6) is 0.964. The minimum Gasteiger partial charge on any atom is -0.465 e. The second-order valence-electron chi connectivity index (χ2n) is 4.28. The molecule has 5 nitrogen and oxygen atoms in total. The number of nitrogens with one attached hydrogen (secondary N) is 1. The van der Waals surface area contributed by atoms with Crippen molar-refractivity contribution < 1.29 is 9.53 Å². The normalized spacial score (nSPS) is 10.3. The number of hydrogen-bond acceptors (Lipinski definition) is 6. The number of aromatic nitrogens is 2. The Balaban J connectivity index is 2.79. The number of ether oxygens (including phenoxy) is 1. The van der Waals surface area contributed by atoms with Crippen molar-refractivity contribution in [2.75, 3.05) is 24.2 Å². The first-order valence-corrected chi connectivity index (χ1v) is 8.07. The van der Waals surface area contributed by atoms with Gasteiger partial charge in [0.2, 0.25) is 0 Å². The maximum absolute atomic E-state index is 11.4. The van der Waals surface area contributed by atoms with Gasteiger partial charge >= 0.3 is 5.97 Å². The van der Waals surface area contributed by atoms with Gasteiger partial charge in [0.05, 0.1) is 12.4 Å². The van der Waals surface area contributed by atoms with Crippen LogP contribution in [0.1, 0.15) is 39.2 Å². The molecule has 1 aromatic heterocycles. The zero-order chi connectivity index (χ0) is 14.8. The van der Waals surface area contributed by atoms with Gasteiger partial charge in [-0.1, -0.05) is 32.0 Å². The van der Waals surface area contributed by atoms with E-state index in [1.807, 2.05) is 6.92 Å². The zero-order valence-corrected chi connectivity index (χ0v) is 13.3. The lowest BCUT2D eigenvalue weighted by Crippen LogP contribution is -2.10. The van der Waals surface area contributed by atoms with Gasteiger partial charge in [0.15, 0.2) is 0 Å². The Bertz CT molecular complexity index is 427. The number of thioether (sulfide) groups is 1. The molecule has 0 saturated carbocycles. The van der Waals surface area contributed by atoms with Gasteiger partial charge in [0.25, 0.3) is 0 Å². The molecule has 1 heterocycles. The van der Waals surface area contributed by atoms with Gasteiger partial charge in [0, 0.05) is 12.1 Å². The molecule has 0 radical (unpaired) electrons. The van der Waals surface area contributed by atoms with E-state index in [4.69, 9.17) is 4.74 Å². The number of esters is 1. The minimum absolute atomic E-state index is 0.207. The third-order valence-corrected chi connectivity index (χ3v) is 3.59. The lowest BCUT2D eigenvalue weighted by atomic mass is 10.2. The van der Waals surface area contributed by atoms with Crippen molar-refractivity contribution in [2.24, 2.45) is 0 Å². The summed E-state index contributed by atoms with van der Waals surface area (Å²) in [6, 6.07) is 0. The van der Waals surface area contributed by atoms with E-state index in [1.165, 1.54) is 11.8 Å². The summed E-state index contributed by atoms with van der Waals surface area (Å²) in [6.45, 7) is 7.34. The average Bonchev–Trinajstić information content (AvgIpc) is 2.45. The summed E-state index contributed by atoms with van der Waals surface area (Å²) in [5.41, 5.74) is 1.10. The summed E-state index contributed by atoms with van der Waals surface area (Å²) in [7, 11) is 0. The van der Waals surface area contributed by atoms with Crippen molar-refractivity contribution in [3.8, 4) is 0 Å². The molecule has 0 atom stereocenters. The first kappa shape index (κ1) is 16.8. The van der Waals surface area contributed by atoms with Gasteiger partial charge in [-0.3, -0.25) is 4.79 Å². The second kappa shape index (κ2) is 9.58. The molecule has 1 rings (SSSR count). The van der Waals surface area contributed by atoms with Crippen molar-refractivity contribution in [1.29, 1.82) is 0 Å². The van der Waals surface area contributed by atoms with E-state index >= 15 is 0 Å². The van der Waals surface area contributed by atoms with Gasteiger partial charge in [-0.15, -0.1) is 0 Å². The number of carbonyl (C=O) groups excluding carboxylic acids is 1. The van der Waals surface area contributed by atoms with Crippen molar-refractivity contribution in [1.82, 2.24) is 9.97 Å². The maximum atomic E-state index is 11.4. The molecule has 0 amide bonds. The van der Waals surface area contributed by atoms with Crippen LogP contribution in [0.2, 0.25) is 0 Å². The molecule has 0 unspecified atom stereocenters. The number of hydrogen-bond donors (Lipinski definition) is 1. The summed E-state index contributed by atoms with van der Waals surface area (Å²) < 4.78 is 4.94.